The lowest BCUT2D eigenvalue weighted by Gasteiger charge is -2.42. The van der Waals surface area contributed by atoms with Crippen LogP contribution in [0.2, 0.25) is 0 Å². The minimum Gasteiger partial charge on any atom is -0.465 e. The summed E-state index contributed by atoms with van der Waals surface area (Å²) < 4.78 is 19.4. The fourth-order valence-corrected chi connectivity index (χ4v) is 5.88. The van der Waals surface area contributed by atoms with E-state index in [0.29, 0.717) is 11.3 Å². The lowest BCUT2D eigenvalue weighted by Crippen LogP contribution is -2.30. The zero-order chi connectivity index (χ0) is 20.4. The molecule has 0 N–H and O–H groups in total. The van der Waals surface area contributed by atoms with Crippen LogP contribution in [-0.4, -0.2) is 13.1 Å². The van der Waals surface area contributed by atoms with Crippen molar-refractivity contribution in [3.63, 3.8) is 0 Å². The second-order valence-electron chi connectivity index (χ2n) is 9.25. The number of esters is 1. The molecule has 2 saturated carbocycles. The largest absolute Gasteiger partial charge is 0.465 e. The van der Waals surface area contributed by atoms with Gasteiger partial charge in [-0.3, -0.25) is 0 Å². The summed E-state index contributed by atoms with van der Waals surface area (Å²) in [6, 6.07) is 9.45. The third-order valence-corrected chi connectivity index (χ3v) is 7.54. The maximum Gasteiger partial charge on any atom is 0.340 e. The van der Waals surface area contributed by atoms with Crippen molar-refractivity contribution in [2.75, 3.05) is 7.11 Å². The molecule has 3 heteroatoms. The van der Waals surface area contributed by atoms with Gasteiger partial charge in [-0.2, -0.15) is 0 Å². The van der Waals surface area contributed by atoms with Crippen molar-refractivity contribution in [3.8, 4) is 0 Å². The van der Waals surface area contributed by atoms with Gasteiger partial charge in [0.2, 0.25) is 0 Å². The molecule has 0 aromatic heterocycles. The third-order valence-electron chi connectivity index (χ3n) is 7.54. The molecule has 0 amide bonds. The summed E-state index contributed by atoms with van der Waals surface area (Å²) in [5.41, 5.74) is 1.34. The molecule has 156 valence electrons. The lowest BCUT2D eigenvalue weighted by molar-refractivity contribution is 0.0596. The second kappa shape index (κ2) is 8.85. The molecule has 29 heavy (non-hydrogen) atoms. The van der Waals surface area contributed by atoms with E-state index in [1.54, 1.807) is 6.07 Å². The molecule has 2 fully saturated rings. The standard InChI is InChI=1S/C26H33FO2/c1-3-4-5-17-6-7-19-15-20(9-8-18(19)14-17)21-10-12-23-22(16-21)11-13-24(25(23)27)26(28)29-2/h10-13,16-20H,3-9,14-15H2,1-2H3/t17?,18-,19+,20?/m0/s1. The molecule has 4 rings (SSSR count). The van der Waals surface area contributed by atoms with Crippen LogP contribution in [0.3, 0.4) is 0 Å². The quantitative estimate of drug-likeness (QED) is 0.497. The van der Waals surface area contributed by atoms with E-state index in [0.717, 1.165) is 23.1 Å². The van der Waals surface area contributed by atoms with E-state index in [1.807, 2.05) is 12.1 Å². The molecular formula is C26H33FO2. The van der Waals surface area contributed by atoms with Crippen molar-refractivity contribution in [2.24, 2.45) is 17.8 Å². The van der Waals surface area contributed by atoms with E-state index in [4.69, 9.17) is 0 Å². The van der Waals surface area contributed by atoms with E-state index < -0.39 is 11.8 Å². The van der Waals surface area contributed by atoms with Crippen LogP contribution in [0.1, 0.15) is 86.6 Å². The van der Waals surface area contributed by atoms with Gasteiger partial charge in [0, 0.05) is 5.39 Å². The molecule has 0 bridgehead atoms. The summed E-state index contributed by atoms with van der Waals surface area (Å²) in [5, 5.41) is 1.37. The number of unbranched alkanes of at least 4 members (excludes halogenated alkanes) is 1. The Bertz CT molecular complexity index is 874. The SMILES string of the molecule is CCCCC1CC[C@@H]2CC(c3ccc4c(F)c(C(=O)OC)ccc4c3)CC[C@H]2C1. The van der Waals surface area contributed by atoms with Crippen LogP contribution >= 0.6 is 0 Å². The zero-order valence-corrected chi connectivity index (χ0v) is 17.8. The van der Waals surface area contributed by atoms with Crippen LogP contribution in [0.4, 0.5) is 4.39 Å². The van der Waals surface area contributed by atoms with Crippen molar-refractivity contribution in [2.45, 2.75) is 70.6 Å². The number of benzene rings is 2. The first kappa shape index (κ1) is 20.4. The van der Waals surface area contributed by atoms with Gasteiger partial charge in [-0.05, 0) is 72.8 Å². The van der Waals surface area contributed by atoms with Gasteiger partial charge in [0.05, 0.1) is 12.7 Å². The fourth-order valence-electron chi connectivity index (χ4n) is 5.88. The van der Waals surface area contributed by atoms with Crippen LogP contribution in [-0.2, 0) is 4.74 Å². The fraction of sp³-hybridized carbons (Fsp3) is 0.577. The number of ether oxygens (including phenoxy) is 1. The zero-order valence-electron chi connectivity index (χ0n) is 17.8. The van der Waals surface area contributed by atoms with Crippen LogP contribution < -0.4 is 0 Å². The average Bonchev–Trinajstić information content (AvgIpc) is 2.76. The van der Waals surface area contributed by atoms with Crippen LogP contribution in [0.25, 0.3) is 10.8 Å². The van der Waals surface area contributed by atoms with Crippen LogP contribution in [0.15, 0.2) is 30.3 Å². The Balaban J connectivity index is 1.48. The Kier molecular flexibility index (Phi) is 6.22. The van der Waals surface area contributed by atoms with Gasteiger partial charge in [0.1, 0.15) is 5.82 Å². The van der Waals surface area contributed by atoms with Gasteiger partial charge < -0.3 is 4.74 Å². The Labute approximate surface area is 173 Å². The molecule has 0 spiro atoms. The van der Waals surface area contributed by atoms with Crippen molar-refractivity contribution >= 4 is 16.7 Å². The molecule has 4 atom stereocenters. The maximum absolute atomic E-state index is 14.7. The Morgan fingerprint density at radius 3 is 2.66 bits per heavy atom. The molecule has 2 unspecified atom stereocenters. The lowest BCUT2D eigenvalue weighted by atomic mass is 9.63. The first-order valence-corrected chi connectivity index (χ1v) is 11.4. The third kappa shape index (κ3) is 4.20. The topological polar surface area (TPSA) is 26.3 Å². The average molecular weight is 397 g/mol. The minimum absolute atomic E-state index is 0.00749. The highest BCUT2D eigenvalue weighted by molar-refractivity contribution is 5.96. The summed E-state index contributed by atoms with van der Waals surface area (Å²) in [6.07, 6.45) is 12.2. The number of carbonyl (C=O) groups is 1. The number of methoxy groups -OCH3 is 1. The van der Waals surface area contributed by atoms with E-state index in [1.165, 1.54) is 70.5 Å². The monoisotopic (exact) mass is 396 g/mol. The summed E-state index contributed by atoms with van der Waals surface area (Å²) in [7, 11) is 1.28. The number of rotatable bonds is 5. The van der Waals surface area contributed by atoms with Crippen molar-refractivity contribution in [3.05, 3.63) is 47.3 Å². The number of hydrogen-bond acceptors (Lipinski definition) is 2. The predicted molar refractivity (Wildman–Crippen MR) is 116 cm³/mol. The smallest absolute Gasteiger partial charge is 0.340 e. The van der Waals surface area contributed by atoms with Crippen molar-refractivity contribution in [1.29, 1.82) is 0 Å². The summed E-state index contributed by atoms with van der Waals surface area (Å²) in [5.74, 6) is 2.22. The molecule has 0 heterocycles. The Hall–Kier alpha value is -1.90. The molecular weight excluding hydrogens is 363 g/mol. The first-order chi connectivity index (χ1) is 14.1. The van der Waals surface area contributed by atoms with E-state index in [2.05, 4.69) is 23.8 Å². The highest BCUT2D eigenvalue weighted by atomic mass is 19.1. The Morgan fingerprint density at radius 2 is 1.86 bits per heavy atom. The van der Waals surface area contributed by atoms with Crippen molar-refractivity contribution in [1.82, 2.24) is 0 Å². The maximum atomic E-state index is 14.7. The molecule has 0 saturated heterocycles. The summed E-state index contributed by atoms with van der Waals surface area (Å²) >= 11 is 0. The first-order valence-electron chi connectivity index (χ1n) is 11.4. The van der Waals surface area contributed by atoms with Gasteiger partial charge in [-0.15, -0.1) is 0 Å². The Morgan fingerprint density at radius 1 is 1.07 bits per heavy atom. The molecule has 0 aliphatic heterocycles. The highest BCUT2D eigenvalue weighted by Crippen LogP contribution is 2.48. The minimum atomic E-state index is -0.624. The molecule has 0 radical (unpaired) electrons. The second-order valence-corrected chi connectivity index (χ2v) is 9.25. The van der Waals surface area contributed by atoms with E-state index >= 15 is 0 Å². The highest BCUT2D eigenvalue weighted by Gasteiger charge is 2.35. The molecule has 2 aliphatic carbocycles. The molecule has 2 nitrogen and oxygen atoms in total. The van der Waals surface area contributed by atoms with Gasteiger partial charge >= 0.3 is 5.97 Å². The number of carbonyl (C=O) groups excluding carboxylic acids is 1. The van der Waals surface area contributed by atoms with Gasteiger partial charge in [-0.25, -0.2) is 9.18 Å². The van der Waals surface area contributed by atoms with E-state index in [9.17, 15) is 9.18 Å². The number of fused-ring (bicyclic) bond motifs is 2. The summed E-state index contributed by atoms with van der Waals surface area (Å²) in [4.78, 5) is 11.7. The molecule has 2 aromatic rings. The van der Waals surface area contributed by atoms with Gasteiger partial charge in [0.25, 0.3) is 0 Å². The summed E-state index contributed by atoms with van der Waals surface area (Å²) in [6.45, 7) is 2.29. The number of hydrogen-bond donors (Lipinski definition) is 0. The van der Waals surface area contributed by atoms with Gasteiger partial charge in [0.15, 0.2) is 0 Å². The van der Waals surface area contributed by atoms with Crippen LogP contribution in [0.5, 0.6) is 0 Å². The van der Waals surface area contributed by atoms with Crippen LogP contribution in [0, 0.1) is 23.6 Å². The normalized spacial score (nSPS) is 26.9. The van der Waals surface area contributed by atoms with Gasteiger partial charge in [-0.1, -0.05) is 56.9 Å². The number of halogens is 1. The van der Waals surface area contributed by atoms with E-state index in [-0.39, 0.29) is 5.56 Å². The predicted octanol–water partition coefficient (Wildman–Crippen LogP) is 7.26. The molecule has 2 aliphatic rings. The van der Waals surface area contributed by atoms with Crippen molar-refractivity contribution < 1.29 is 13.9 Å². The molecule has 2 aromatic carbocycles.